The third kappa shape index (κ3) is 4.65. The number of piperidine rings is 1. The molecule has 1 fully saturated rings. The van der Waals surface area contributed by atoms with Crippen LogP contribution in [0.2, 0.25) is 0 Å². The minimum Gasteiger partial charge on any atom is -0.355 e. The standard InChI is InChI=1S/C18H28N6O2S/c1-4-22(5-2)10-8-19-16(26)14-7-6-9-23(12-14)18-21-24-15(25)11-13(3)20-17(24)27-18/h11,14H,4-10,12H2,1-3H3,(H,19,26)/t14-/m1/s1. The lowest BCUT2D eigenvalue weighted by Crippen LogP contribution is -2.44. The number of likely N-dealkylation sites (N-methyl/N-ethyl adjacent to an activating group) is 1. The van der Waals surface area contributed by atoms with E-state index in [1.54, 1.807) is 6.92 Å². The molecule has 0 unspecified atom stereocenters. The van der Waals surface area contributed by atoms with Gasteiger partial charge in [-0.3, -0.25) is 9.59 Å². The Morgan fingerprint density at radius 2 is 2.19 bits per heavy atom. The zero-order chi connectivity index (χ0) is 19.4. The Labute approximate surface area is 163 Å². The van der Waals surface area contributed by atoms with Crippen molar-refractivity contribution in [3.63, 3.8) is 0 Å². The summed E-state index contributed by atoms with van der Waals surface area (Å²) in [5.41, 5.74) is 0.530. The lowest BCUT2D eigenvalue weighted by Gasteiger charge is -2.31. The van der Waals surface area contributed by atoms with Crippen molar-refractivity contribution >= 4 is 27.3 Å². The van der Waals surface area contributed by atoms with Crippen molar-refractivity contribution in [3.05, 3.63) is 22.1 Å². The maximum absolute atomic E-state index is 12.6. The van der Waals surface area contributed by atoms with E-state index < -0.39 is 0 Å². The second kappa shape index (κ2) is 8.79. The Bertz CT molecular complexity index is 844. The summed E-state index contributed by atoms with van der Waals surface area (Å²) < 4.78 is 1.35. The van der Waals surface area contributed by atoms with Gasteiger partial charge in [-0.2, -0.15) is 4.52 Å². The number of anilines is 1. The first-order valence-electron chi connectivity index (χ1n) is 9.64. The van der Waals surface area contributed by atoms with Crippen molar-refractivity contribution in [1.29, 1.82) is 0 Å². The number of aryl methyl sites for hydroxylation is 1. The monoisotopic (exact) mass is 392 g/mol. The Hall–Kier alpha value is -2.00. The summed E-state index contributed by atoms with van der Waals surface area (Å²) in [6.07, 6.45) is 1.82. The normalized spacial score (nSPS) is 17.6. The number of amides is 1. The quantitative estimate of drug-likeness (QED) is 0.761. The number of nitrogens with one attached hydrogen (secondary N) is 1. The average molecular weight is 393 g/mol. The molecule has 1 N–H and O–H groups in total. The number of carbonyl (C=O) groups is 1. The van der Waals surface area contributed by atoms with E-state index in [1.165, 1.54) is 21.9 Å². The van der Waals surface area contributed by atoms with E-state index in [9.17, 15) is 9.59 Å². The van der Waals surface area contributed by atoms with E-state index in [0.717, 1.165) is 44.2 Å². The van der Waals surface area contributed by atoms with Gasteiger partial charge in [-0.15, -0.1) is 5.10 Å². The highest BCUT2D eigenvalue weighted by atomic mass is 32.1. The zero-order valence-corrected chi connectivity index (χ0v) is 17.1. The van der Waals surface area contributed by atoms with Crippen LogP contribution >= 0.6 is 11.3 Å². The molecule has 2 aromatic rings. The molecule has 1 atom stereocenters. The molecular formula is C18H28N6O2S. The SMILES string of the molecule is CCN(CC)CCNC(=O)[C@@H]1CCCN(c2nn3c(=O)cc(C)nc3s2)C1. The molecule has 148 valence electrons. The van der Waals surface area contributed by atoms with E-state index >= 15 is 0 Å². The summed E-state index contributed by atoms with van der Waals surface area (Å²) in [5.74, 6) is 0.0630. The summed E-state index contributed by atoms with van der Waals surface area (Å²) in [7, 11) is 0. The van der Waals surface area contributed by atoms with Gasteiger partial charge >= 0.3 is 0 Å². The van der Waals surface area contributed by atoms with Crippen molar-refractivity contribution in [2.24, 2.45) is 5.92 Å². The number of nitrogens with zero attached hydrogens (tertiary/aromatic N) is 5. The van der Waals surface area contributed by atoms with Crippen LogP contribution in [-0.2, 0) is 4.79 Å². The predicted octanol–water partition coefficient (Wildman–Crippen LogP) is 1.13. The topological polar surface area (TPSA) is 82.8 Å². The molecule has 3 rings (SSSR count). The van der Waals surface area contributed by atoms with Gasteiger partial charge in [0.1, 0.15) is 0 Å². The first-order valence-corrected chi connectivity index (χ1v) is 10.5. The van der Waals surface area contributed by atoms with Crippen molar-refractivity contribution in [2.75, 3.05) is 44.2 Å². The van der Waals surface area contributed by atoms with Gasteiger partial charge in [-0.05, 0) is 32.9 Å². The van der Waals surface area contributed by atoms with Crippen LogP contribution in [0, 0.1) is 12.8 Å². The van der Waals surface area contributed by atoms with Crippen LogP contribution in [-0.4, -0.2) is 64.7 Å². The van der Waals surface area contributed by atoms with Gasteiger partial charge in [0, 0.05) is 37.9 Å². The Morgan fingerprint density at radius 1 is 1.41 bits per heavy atom. The lowest BCUT2D eigenvalue weighted by molar-refractivity contribution is -0.125. The van der Waals surface area contributed by atoms with Crippen molar-refractivity contribution in [3.8, 4) is 0 Å². The van der Waals surface area contributed by atoms with Gasteiger partial charge in [0.25, 0.3) is 5.56 Å². The molecule has 0 aliphatic carbocycles. The molecule has 0 radical (unpaired) electrons. The molecule has 0 saturated carbocycles. The second-order valence-electron chi connectivity index (χ2n) is 6.92. The highest BCUT2D eigenvalue weighted by Crippen LogP contribution is 2.26. The molecule has 9 heteroatoms. The number of hydrogen-bond acceptors (Lipinski definition) is 7. The van der Waals surface area contributed by atoms with Crippen LogP contribution in [0.15, 0.2) is 10.9 Å². The summed E-state index contributed by atoms with van der Waals surface area (Å²) in [6.45, 7) is 11.1. The van der Waals surface area contributed by atoms with E-state index in [-0.39, 0.29) is 17.4 Å². The minimum absolute atomic E-state index is 0.0473. The van der Waals surface area contributed by atoms with Gasteiger partial charge < -0.3 is 15.1 Å². The smallest absolute Gasteiger partial charge is 0.275 e. The van der Waals surface area contributed by atoms with E-state index in [0.29, 0.717) is 23.7 Å². The molecule has 0 spiro atoms. The third-order valence-electron chi connectivity index (χ3n) is 5.05. The van der Waals surface area contributed by atoms with Crippen LogP contribution in [0.25, 0.3) is 4.96 Å². The van der Waals surface area contributed by atoms with Crippen molar-refractivity contribution < 1.29 is 4.79 Å². The highest BCUT2D eigenvalue weighted by Gasteiger charge is 2.27. The molecule has 3 heterocycles. The fourth-order valence-corrected chi connectivity index (χ4v) is 4.41. The highest BCUT2D eigenvalue weighted by molar-refractivity contribution is 7.20. The fourth-order valence-electron chi connectivity index (χ4n) is 3.42. The summed E-state index contributed by atoms with van der Waals surface area (Å²) in [5, 5.41) is 8.26. The van der Waals surface area contributed by atoms with Crippen LogP contribution < -0.4 is 15.8 Å². The molecule has 1 saturated heterocycles. The van der Waals surface area contributed by atoms with Gasteiger partial charge in [0.2, 0.25) is 16.0 Å². The number of carbonyl (C=O) groups excluding carboxylic acids is 1. The maximum atomic E-state index is 12.6. The fraction of sp³-hybridized carbons (Fsp3) is 0.667. The molecule has 0 aromatic carbocycles. The summed E-state index contributed by atoms with van der Waals surface area (Å²) in [4.78, 5) is 34.0. The van der Waals surface area contributed by atoms with E-state index in [1.807, 2.05) is 0 Å². The minimum atomic E-state index is -0.164. The number of aromatic nitrogens is 3. The predicted molar refractivity (Wildman–Crippen MR) is 108 cm³/mol. The van der Waals surface area contributed by atoms with E-state index in [2.05, 4.69) is 39.0 Å². The average Bonchev–Trinajstić information content (AvgIpc) is 3.09. The van der Waals surface area contributed by atoms with Crippen molar-refractivity contribution in [2.45, 2.75) is 33.6 Å². The van der Waals surface area contributed by atoms with Crippen LogP contribution in [0.3, 0.4) is 0 Å². The molecular weight excluding hydrogens is 364 g/mol. The summed E-state index contributed by atoms with van der Waals surface area (Å²) in [6, 6.07) is 1.48. The molecule has 1 aliphatic heterocycles. The Kier molecular flexibility index (Phi) is 6.43. The molecule has 2 aromatic heterocycles. The summed E-state index contributed by atoms with van der Waals surface area (Å²) >= 11 is 1.40. The number of rotatable bonds is 7. The van der Waals surface area contributed by atoms with Gasteiger partial charge in [-0.25, -0.2) is 4.98 Å². The number of fused-ring (bicyclic) bond motifs is 1. The van der Waals surface area contributed by atoms with Gasteiger partial charge in [0.15, 0.2) is 0 Å². The molecule has 27 heavy (non-hydrogen) atoms. The maximum Gasteiger partial charge on any atom is 0.275 e. The largest absolute Gasteiger partial charge is 0.355 e. The van der Waals surface area contributed by atoms with Crippen LogP contribution in [0.4, 0.5) is 5.13 Å². The van der Waals surface area contributed by atoms with Gasteiger partial charge in [-0.1, -0.05) is 25.2 Å². The van der Waals surface area contributed by atoms with Crippen molar-refractivity contribution in [1.82, 2.24) is 24.8 Å². The zero-order valence-electron chi connectivity index (χ0n) is 16.3. The van der Waals surface area contributed by atoms with Crippen LogP contribution in [0.1, 0.15) is 32.4 Å². The molecule has 0 bridgehead atoms. The van der Waals surface area contributed by atoms with E-state index in [4.69, 9.17) is 0 Å². The Morgan fingerprint density at radius 3 is 2.93 bits per heavy atom. The first kappa shape index (κ1) is 19.8. The number of hydrogen-bond donors (Lipinski definition) is 1. The molecule has 1 amide bonds. The second-order valence-corrected chi connectivity index (χ2v) is 7.85. The third-order valence-corrected chi connectivity index (χ3v) is 6.02. The molecule has 1 aliphatic rings. The van der Waals surface area contributed by atoms with Gasteiger partial charge in [0.05, 0.1) is 5.92 Å². The van der Waals surface area contributed by atoms with Crippen LogP contribution in [0.5, 0.6) is 0 Å². The Balaban J connectivity index is 1.63. The lowest BCUT2D eigenvalue weighted by atomic mass is 9.97. The first-order chi connectivity index (χ1) is 13.0. The molecule has 8 nitrogen and oxygen atoms in total.